The second-order valence-electron chi connectivity index (χ2n) is 7.59. The van der Waals surface area contributed by atoms with Crippen molar-refractivity contribution >= 4 is 51.5 Å². The Morgan fingerprint density at radius 3 is 2.77 bits per heavy atom. The molecule has 0 bridgehead atoms. The molecule has 2 aliphatic rings. The van der Waals surface area contributed by atoms with Crippen molar-refractivity contribution in [2.45, 2.75) is 19.0 Å². The summed E-state index contributed by atoms with van der Waals surface area (Å²) in [6.07, 6.45) is 0. The number of nitrogens with zero attached hydrogens (tertiary/aromatic N) is 2. The SMILES string of the molecule is COc1ccc2c(c1)C(=O)N(C[C@@]1(c3cc4nc(I)c(C)cc4o3)NC(=O)NC1=O)C2. The van der Waals surface area contributed by atoms with E-state index >= 15 is 0 Å². The normalized spacial score (nSPS) is 20.2. The van der Waals surface area contributed by atoms with Crippen LogP contribution in [-0.4, -0.2) is 41.4 Å². The molecule has 1 atom stereocenters. The lowest BCUT2D eigenvalue weighted by Crippen LogP contribution is -2.52. The van der Waals surface area contributed by atoms with Gasteiger partial charge < -0.3 is 19.4 Å². The largest absolute Gasteiger partial charge is 0.497 e. The van der Waals surface area contributed by atoms with Gasteiger partial charge in [-0.15, -0.1) is 0 Å². The number of imide groups is 1. The average molecular weight is 532 g/mol. The number of carbonyl (C=O) groups excluding carboxylic acids is 3. The fourth-order valence-electron chi connectivity index (χ4n) is 3.98. The van der Waals surface area contributed by atoms with Crippen LogP contribution in [0, 0.1) is 10.6 Å². The molecule has 0 radical (unpaired) electrons. The molecule has 31 heavy (non-hydrogen) atoms. The lowest BCUT2D eigenvalue weighted by Gasteiger charge is -2.28. The van der Waals surface area contributed by atoms with Gasteiger partial charge in [-0.25, -0.2) is 9.78 Å². The van der Waals surface area contributed by atoms with Gasteiger partial charge in [-0.05, 0) is 58.8 Å². The number of carbonyl (C=O) groups is 3. The number of furan rings is 1. The van der Waals surface area contributed by atoms with E-state index in [1.165, 1.54) is 12.0 Å². The highest BCUT2D eigenvalue weighted by molar-refractivity contribution is 14.1. The number of pyridine rings is 1. The van der Waals surface area contributed by atoms with E-state index < -0.39 is 17.5 Å². The van der Waals surface area contributed by atoms with Crippen LogP contribution >= 0.6 is 22.6 Å². The Morgan fingerprint density at radius 1 is 1.26 bits per heavy atom. The van der Waals surface area contributed by atoms with Crippen molar-refractivity contribution in [2.24, 2.45) is 0 Å². The van der Waals surface area contributed by atoms with Gasteiger partial charge in [-0.1, -0.05) is 6.07 Å². The van der Waals surface area contributed by atoms with Crippen molar-refractivity contribution in [3.05, 3.63) is 56.5 Å². The van der Waals surface area contributed by atoms with E-state index in [1.54, 1.807) is 18.2 Å². The summed E-state index contributed by atoms with van der Waals surface area (Å²) in [4.78, 5) is 44.1. The van der Waals surface area contributed by atoms with Crippen LogP contribution in [0.1, 0.15) is 27.2 Å². The molecule has 0 unspecified atom stereocenters. The molecule has 1 aromatic carbocycles. The van der Waals surface area contributed by atoms with Crippen molar-refractivity contribution in [1.82, 2.24) is 20.5 Å². The summed E-state index contributed by atoms with van der Waals surface area (Å²) in [6.45, 7) is 2.12. The number of fused-ring (bicyclic) bond motifs is 2. The number of rotatable bonds is 4. The van der Waals surface area contributed by atoms with Crippen LogP contribution in [-0.2, 0) is 16.9 Å². The number of nitrogens with one attached hydrogen (secondary N) is 2. The van der Waals surface area contributed by atoms with Crippen molar-refractivity contribution in [3.63, 3.8) is 0 Å². The molecule has 4 heterocycles. The summed E-state index contributed by atoms with van der Waals surface area (Å²) in [7, 11) is 1.53. The first-order valence-electron chi connectivity index (χ1n) is 9.48. The quantitative estimate of drug-likeness (QED) is 0.303. The smallest absolute Gasteiger partial charge is 0.322 e. The number of hydrogen-bond acceptors (Lipinski definition) is 6. The number of aryl methyl sites for hydroxylation is 1. The third kappa shape index (κ3) is 3.04. The summed E-state index contributed by atoms with van der Waals surface area (Å²) in [5.41, 5.74) is 1.78. The van der Waals surface area contributed by atoms with Gasteiger partial charge in [0, 0.05) is 18.2 Å². The van der Waals surface area contributed by atoms with Gasteiger partial charge in [0.1, 0.15) is 20.7 Å². The minimum atomic E-state index is -1.56. The van der Waals surface area contributed by atoms with Gasteiger partial charge in [0.15, 0.2) is 11.1 Å². The third-order valence-electron chi connectivity index (χ3n) is 5.62. The lowest BCUT2D eigenvalue weighted by atomic mass is 9.95. The minimum absolute atomic E-state index is 0.0870. The highest BCUT2D eigenvalue weighted by Crippen LogP contribution is 2.35. The fraction of sp³-hybridized carbons (Fsp3) is 0.238. The first kappa shape index (κ1) is 19.8. The van der Waals surface area contributed by atoms with Crippen LogP contribution in [0.3, 0.4) is 0 Å². The monoisotopic (exact) mass is 532 g/mol. The van der Waals surface area contributed by atoms with Gasteiger partial charge in [0.2, 0.25) is 0 Å². The van der Waals surface area contributed by atoms with E-state index in [1.807, 2.05) is 19.1 Å². The molecule has 0 spiro atoms. The topological polar surface area (TPSA) is 114 Å². The summed E-state index contributed by atoms with van der Waals surface area (Å²) >= 11 is 2.12. The molecule has 4 amide bonds. The Balaban J connectivity index is 1.56. The van der Waals surface area contributed by atoms with Crippen LogP contribution in [0.15, 0.2) is 34.7 Å². The van der Waals surface area contributed by atoms with E-state index in [-0.39, 0.29) is 18.2 Å². The number of hydrogen-bond donors (Lipinski definition) is 2. The molecule has 3 aromatic rings. The molecule has 5 rings (SSSR count). The lowest BCUT2D eigenvalue weighted by molar-refractivity contribution is -0.125. The zero-order valence-corrected chi connectivity index (χ0v) is 18.8. The molecule has 1 saturated heterocycles. The number of benzene rings is 1. The summed E-state index contributed by atoms with van der Waals surface area (Å²) in [6, 6.07) is 8.10. The summed E-state index contributed by atoms with van der Waals surface area (Å²) in [5.74, 6) is -0.0313. The second-order valence-corrected chi connectivity index (χ2v) is 8.61. The molecule has 2 aromatic heterocycles. The first-order valence-corrected chi connectivity index (χ1v) is 10.6. The Bertz CT molecular complexity index is 1250. The fourth-order valence-corrected chi connectivity index (χ4v) is 4.40. The minimum Gasteiger partial charge on any atom is -0.497 e. The van der Waals surface area contributed by atoms with Crippen LogP contribution in [0.4, 0.5) is 4.79 Å². The van der Waals surface area contributed by atoms with E-state index in [4.69, 9.17) is 9.15 Å². The van der Waals surface area contributed by atoms with Crippen molar-refractivity contribution in [2.75, 3.05) is 13.7 Å². The van der Waals surface area contributed by atoms with Gasteiger partial charge >= 0.3 is 6.03 Å². The number of halogens is 1. The number of methoxy groups -OCH3 is 1. The number of urea groups is 1. The maximum atomic E-state index is 13.1. The Morgan fingerprint density at radius 2 is 2.06 bits per heavy atom. The van der Waals surface area contributed by atoms with E-state index in [2.05, 4.69) is 38.2 Å². The van der Waals surface area contributed by atoms with Gasteiger partial charge in [-0.2, -0.15) is 0 Å². The van der Waals surface area contributed by atoms with Crippen LogP contribution in [0.2, 0.25) is 0 Å². The average Bonchev–Trinajstić information content (AvgIpc) is 3.37. The highest BCUT2D eigenvalue weighted by Gasteiger charge is 2.53. The standard InChI is InChI=1S/C21H17IN4O5/c1-10-5-15-14(23-17(10)22)7-16(31-15)21(19(28)24-20(29)25-21)9-26-8-11-3-4-12(30-2)6-13(11)18(26)27/h3-7H,8-9H2,1-2H3,(H2,24,25,28,29)/t21-/m0/s1. The van der Waals surface area contributed by atoms with Crippen molar-refractivity contribution in [3.8, 4) is 5.75 Å². The Hall–Kier alpha value is -3.15. The first-order chi connectivity index (χ1) is 14.8. The van der Waals surface area contributed by atoms with Gasteiger partial charge in [0.05, 0.1) is 13.7 Å². The zero-order valence-electron chi connectivity index (χ0n) is 16.6. The maximum absolute atomic E-state index is 13.1. The summed E-state index contributed by atoms with van der Waals surface area (Å²) < 4.78 is 12.0. The zero-order chi connectivity index (χ0) is 21.9. The summed E-state index contributed by atoms with van der Waals surface area (Å²) in [5, 5.41) is 4.95. The second kappa shape index (κ2) is 6.94. The number of ether oxygens (including phenoxy) is 1. The van der Waals surface area contributed by atoms with Crippen molar-refractivity contribution < 1.29 is 23.5 Å². The maximum Gasteiger partial charge on any atom is 0.322 e. The van der Waals surface area contributed by atoms with Crippen LogP contribution in [0.5, 0.6) is 5.75 Å². The molecule has 9 nitrogen and oxygen atoms in total. The predicted octanol–water partition coefficient (Wildman–Crippen LogP) is 2.44. The molecule has 2 aliphatic heterocycles. The van der Waals surface area contributed by atoms with Gasteiger partial charge in [-0.3, -0.25) is 14.9 Å². The van der Waals surface area contributed by atoms with E-state index in [0.717, 1.165) is 14.8 Å². The van der Waals surface area contributed by atoms with Gasteiger partial charge in [0.25, 0.3) is 11.8 Å². The molecular weight excluding hydrogens is 515 g/mol. The number of aromatic nitrogens is 1. The van der Waals surface area contributed by atoms with E-state index in [9.17, 15) is 14.4 Å². The third-order valence-corrected chi connectivity index (χ3v) is 6.71. The molecule has 1 fully saturated rings. The molecule has 158 valence electrons. The molecular formula is C21H17IN4O5. The molecule has 10 heteroatoms. The van der Waals surface area contributed by atoms with Crippen LogP contribution < -0.4 is 15.4 Å². The van der Waals surface area contributed by atoms with E-state index in [0.29, 0.717) is 29.0 Å². The Kier molecular flexibility index (Phi) is 4.43. The predicted molar refractivity (Wildman–Crippen MR) is 118 cm³/mol. The molecule has 2 N–H and O–H groups in total. The highest BCUT2D eigenvalue weighted by atomic mass is 127. The molecule has 0 aliphatic carbocycles. The Labute approximate surface area is 190 Å². The molecule has 0 saturated carbocycles. The van der Waals surface area contributed by atoms with Crippen molar-refractivity contribution in [1.29, 1.82) is 0 Å². The number of amides is 4. The van der Waals surface area contributed by atoms with Crippen LogP contribution in [0.25, 0.3) is 11.1 Å².